The first-order valence-electron chi connectivity index (χ1n) is 10.9. The van der Waals surface area contributed by atoms with Crippen LogP contribution in [0.3, 0.4) is 0 Å². The van der Waals surface area contributed by atoms with Crippen molar-refractivity contribution in [2.24, 2.45) is 0 Å². The molecule has 5 rings (SSSR count). The largest absolute Gasteiger partial charge is 0.389 e. The number of aromatic nitrogens is 5. The molecule has 2 atom stereocenters. The van der Waals surface area contributed by atoms with Gasteiger partial charge in [0.2, 0.25) is 11.7 Å². The van der Waals surface area contributed by atoms with E-state index in [-0.39, 0.29) is 24.5 Å². The van der Waals surface area contributed by atoms with Gasteiger partial charge in [-0.15, -0.1) is 0 Å². The van der Waals surface area contributed by atoms with Crippen molar-refractivity contribution < 1.29 is 23.8 Å². The van der Waals surface area contributed by atoms with Crippen molar-refractivity contribution in [2.45, 2.75) is 31.5 Å². The quantitative estimate of drug-likeness (QED) is 0.251. The number of β-amino-alcohol motifs (C(OH)–C–C–N with tert-alkyl or cyclic N) is 2. The number of alkyl halides is 2. The van der Waals surface area contributed by atoms with Crippen LogP contribution >= 0.6 is 0 Å². The van der Waals surface area contributed by atoms with Gasteiger partial charge in [0.15, 0.2) is 5.82 Å². The van der Waals surface area contributed by atoms with Crippen molar-refractivity contribution in [3.05, 3.63) is 59.7 Å². The highest BCUT2D eigenvalue weighted by Gasteiger charge is 2.40. The predicted molar refractivity (Wildman–Crippen MR) is 123 cm³/mol. The van der Waals surface area contributed by atoms with Crippen molar-refractivity contribution in [1.29, 1.82) is 0 Å². The molecule has 4 heterocycles. The number of carbonyl (C=O) groups is 1. The van der Waals surface area contributed by atoms with Gasteiger partial charge in [-0.05, 0) is 30.7 Å². The van der Waals surface area contributed by atoms with Gasteiger partial charge in [-0.2, -0.15) is 10.1 Å². The fraction of sp³-hybridized carbons (Fsp3) is 0.304. The van der Waals surface area contributed by atoms with Gasteiger partial charge < -0.3 is 25.8 Å². The standard InChI is InChI=1S/C23H23F2N7O3/c1-12-13(7-23(35)11-26-9-18(23)33)10-32(31-12)19-4-5-27-22(30-19)29-14-2-3-17-15(6-14)16(8-28-17)20(34)21(24)25/h2-6,8,10,18,21,26,28,33,35H,7,9,11H2,1H3,(H,27,29,30)/t18-,23+/m1/s1. The molecule has 0 amide bonds. The third-order valence-electron chi connectivity index (χ3n) is 6.16. The maximum atomic E-state index is 12.9. The SMILES string of the molecule is Cc1nn(-c2ccnc(Nc3ccc4[nH]cc(C(=O)C(F)F)c4c3)n2)cc1C[C@]1(O)CNC[C@H]1O. The Morgan fingerprint density at radius 1 is 1.37 bits per heavy atom. The van der Waals surface area contributed by atoms with E-state index in [9.17, 15) is 23.8 Å². The van der Waals surface area contributed by atoms with Crippen molar-refractivity contribution in [2.75, 3.05) is 18.4 Å². The average Bonchev–Trinajstić information content (AvgIpc) is 3.51. The van der Waals surface area contributed by atoms with Crippen LogP contribution in [0.2, 0.25) is 0 Å². The van der Waals surface area contributed by atoms with Crippen molar-refractivity contribution in [3.8, 4) is 5.82 Å². The van der Waals surface area contributed by atoms with Crippen LogP contribution in [0.4, 0.5) is 20.4 Å². The van der Waals surface area contributed by atoms with E-state index < -0.39 is 23.9 Å². The number of aromatic amines is 1. The molecule has 0 spiro atoms. The molecule has 3 aromatic heterocycles. The lowest BCUT2D eigenvalue weighted by molar-refractivity contribution is -0.0388. The molecule has 1 aromatic carbocycles. The Morgan fingerprint density at radius 3 is 2.94 bits per heavy atom. The zero-order valence-corrected chi connectivity index (χ0v) is 18.7. The van der Waals surface area contributed by atoms with E-state index in [1.54, 1.807) is 41.3 Å². The third kappa shape index (κ3) is 4.38. The molecular weight excluding hydrogens is 460 g/mol. The fourth-order valence-electron chi connectivity index (χ4n) is 4.22. The summed E-state index contributed by atoms with van der Waals surface area (Å²) in [7, 11) is 0. The highest BCUT2D eigenvalue weighted by molar-refractivity contribution is 6.10. The Balaban J connectivity index is 1.39. The molecule has 1 saturated heterocycles. The summed E-state index contributed by atoms with van der Waals surface area (Å²) in [5, 5.41) is 31.7. The summed E-state index contributed by atoms with van der Waals surface area (Å²) in [6.45, 7) is 2.43. The molecule has 0 bridgehead atoms. The fourth-order valence-corrected chi connectivity index (χ4v) is 4.22. The number of nitrogens with one attached hydrogen (secondary N) is 3. The van der Waals surface area contributed by atoms with Crippen LogP contribution in [-0.2, 0) is 6.42 Å². The lowest BCUT2D eigenvalue weighted by Crippen LogP contribution is -2.43. The molecule has 0 unspecified atom stereocenters. The summed E-state index contributed by atoms with van der Waals surface area (Å²) in [4.78, 5) is 23.3. The summed E-state index contributed by atoms with van der Waals surface area (Å²) in [6, 6.07) is 6.62. The van der Waals surface area contributed by atoms with E-state index in [4.69, 9.17) is 0 Å². The van der Waals surface area contributed by atoms with E-state index >= 15 is 0 Å². The second-order valence-electron chi connectivity index (χ2n) is 8.60. The number of aliphatic hydroxyl groups excluding tert-OH is 1. The first-order chi connectivity index (χ1) is 16.7. The third-order valence-corrected chi connectivity index (χ3v) is 6.16. The Labute approximate surface area is 198 Å². The predicted octanol–water partition coefficient (Wildman–Crippen LogP) is 1.88. The number of fused-ring (bicyclic) bond motifs is 1. The Hall–Kier alpha value is -3.74. The summed E-state index contributed by atoms with van der Waals surface area (Å²) < 4.78 is 27.4. The van der Waals surface area contributed by atoms with E-state index in [1.165, 1.54) is 6.20 Å². The molecule has 1 fully saturated rings. The van der Waals surface area contributed by atoms with Crippen LogP contribution in [0, 0.1) is 6.92 Å². The minimum atomic E-state index is -3.10. The molecule has 1 aliphatic heterocycles. The van der Waals surface area contributed by atoms with Crippen molar-refractivity contribution in [3.63, 3.8) is 0 Å². The number of aryl methyl sites for hydroxylation is 1. The van der Waals surface area contributed by atoms with Gasteiger partial charge in [0.1, 0.15) is 5.60 Å². The number of ketones is 1. The minimum Gasteiger partial charge on any atom is -0.389 e. The molecule has 35 heavy (non-hydrogen) atoms. The van der Waals surface area contributed by atoms with Crippen LogP contribution in [0.1, 0.15) is 21.6 Å². The Bertz CT molecular complexity index is 1400. The van der Waals surface area contributed by atoms with Gasteiger partial charge >= 0.3 is 6.43 Å². The maximum Gasteiger partial charge on any atom is 0.300 e. The van der Waals surface area contributed by atoms with E-state index in [0.29, 0.717) is 34.6 Å². The van der Waals surface area contributed by atoms with Gasteiger partial charge in [0, 0.05) is 66.3 Å². The number of hydrogen-bond acceptors (Lipinski definition) is 8. The summed E-state index contributed by atoms with van der Waals surface area (Å²) >= 11 is 0. The Morgan fingerprint density at radius 2 is 2.20 bits per heavy atom. The minimum absolute atomic E-state index is 0.0860. The van der Waals surface area contributed by atoms with Crippen LogP contribution < -0.4 is 10.6 Å². The average molecular weight is 483 g/mol. The number of carbonyl (C=O) groups excluding carboxylic acids is 1. The molecule has 0 saturated carbocycles. The number of nitrogens with zero attached hydrogens (tertiary/aromatic N) is 4. The molecule has 1 aliphatic rings. The number of Topliss-reactive ketones (excluding diaryl/α,β-unsaturated/α-hetero) is 1. The lowest BCUT2D eigenvalue weighted by Gasteiger charge is -2.25. The van der Waals surface area contributed by atoms with E-state index in [2.05, 4.69) is 30.7 Å². The first-order valence-corrected chi connectivity index (χ1v) is 10.9. The summed E-state index contributed by atoms with van der Waals surface area (Å²) in [5.41, 5.74) is 1.19. The van der Waals surface area contributed by atoms with E-state index in [1.807, 2.05) is 6.92 Å². The van der Waals surface area contributed by atoms with Gasteiger partial charge in [-0.25, -0.2) is 18.4 Å². The molecular formula is C23H23F2N7O3. The lowest BCUT2D eigenvalue weighted by atomic mass is 9.92. The van der Waals surface area contributed by atoms with Crippen LogP contribution in [-0.4, -0.2) is 71.9 Å². The summed E-state index contributed by atoms with van der Waals surface area (Å²) in [5.74, 6) is -0.546. The first kappa shape index (κ1) is 23.0. The second-order valence-corrected chi connectivity index (χ2v) is 8.60. The van der Waals surface area contributed by atoms with Gasteiger partial charge in [0.25, 0.3) is 0 Å². The van der Waals surface area contributed by atoms with Crippen molar-refractivity contribution >= 4 is 28.3 Å². The number of anilines is 2. The molecule has 4 aromatic rings. The highest BCUT2D eigenvalue weighted by Crippen LogP contribution is 2.26. The van der Waals surface area contributed by atoms with Crippen molar-refractivity contribution in [1.82, 2.24) is 30.0 Å². The molecule has 0 aliphatic carbocycles. The van der Waals surface area contributed by atoms with E-state index in [0.717, 1.165) is 5.56 Å². The summed E-state index contributed by atoms with van der Waals surface area (Å²) in [6.07, 6.45) is 0.837. The number of rotatable bonds is 7. The number of H-pyrrole nitrogens is 1. The number of halogens is 2. The zero-order chi connectivity index (χ0) is 24.7. The smallest absolute Gasteiger partial charge is 0.300 e. The molecule has 10 nitrogen and oxygen atoms in total. The Kier molecular flexibility index (Phi) is 5.79. The number of benzene rings is 1. The molecule has 12 heteroatoms. The van der Waals surface area contributed by atoms with Crippen LogP contribution in [0.15, 0.2) is 42.9 Å². The second kappa shape index (κ2) is 8.80. The maximum absolute atomic E-state index is 12.9. The number of aliphatic hydroxyl groups is 2. The molecule has 0 radical (unpaired) electrons. The van der Waals surface area contributed by atoms with Crippen LogP contribution in [0.5, 0.6) is 0 Å². The zero-order valence-electron chi connectivity index (χ0n) is 18.7. The highest BCUT2D eigenvalue weighted by atomic mass is 19.3. The van der Waals surface area contributed by atoms with Crippen LogP contribution in [0.25, 0.3) is 16.7 Å². The molecule has 182 valence electrons. The topological polar surface area (TPSA) is 141 Å². The van der Waals surface area contributed by atoms with Gasteiger partial charge in [0.05, 0.1) is 11.8 Å². The van der Waals surface area contributed by atoms with Gasteiger partial charge in [-0.1, -0.05) is 0 Å². The molecule has 5 N–H and O–H groups in total. The number of hydrogen-bond donors (Lipinski definition) is 5. The van der Waals surface area contributed by atoms with Gasteiger partial charge in [-0.3, -0.25) is 4.79 Å². The normalized spacial score (nSPS) is 20.1. The monoisotopic (exact) mass is 483 g/mol.